The van der Waals surface area contributed by atoms with E-state index in [-0.39, 0.29) is 11.6 Å². The third-order valence-corrected chi connectivity index (χ3v) is 2.55. The van der Waals surface area contributed by atoms with Gasteiger partial charge < -0.3 is 14.5 Å². The molecule has 98 valence electrons. The number of amides is 1. The zero-order valence-corrected chi connectivity index (χ0v) is 10.5. The minimum absolute atomic E-state index is 0.102. The molecule has 19 heavy (non-hydrogen) atoms. The molecule has 0 unspecified atom stereocenters. The van der Waals surface area contributed by atoms with E-state index in [1.54, 1.807) is 38.4 Å². The van der Waals surface area contributed by atoms with Crippen LogP contribution in [0, 0.1) is 0 Å². The molecule has 0 aliphatic heterocycles. The van der Waals surface area contributed by atoms with Gasteiger partial charge in [0.1, 0.15) is 0 Å². The van der Waals surface area contributed by atoms with Crippen LogP contribution in [-0.4, -0.2) is 41.1 Å². The SMILES string of the molecule is CN(C)C(=O)c1ccc(-c2cc(C(=O)O)no2)cc1. The van der Waals surface area contributed by atoms with Gasteiger partial charge in [-0.25, -0.2) is 4.79 Å². The fourth-order valence-corrected chi connectivity index (χ4v) is 1.55. The van der Waals surface area contributed by atoms with Crippen molar-refractivity contribution in [1.82, 2.24) is 10.1 Å². The Morgan fingerprint density at radius 2 is 1.84 bits per heavy atom. The highest BCUT2D eigenvalue weighted by Crippen LogP contribution is 2.21. The Kier molecular flexibility index (Phi) is 3.33. The topological polar surface area (TPSA) is 83.6 Å². The third kappa shape index (κ3) is 2.62. The summed E-state index contributed by atoms with van der Waals surface area (Å²) in [7, 11) is 3.34. The monoisotopic (exact) mass is 260 g/mol. The van der Waals surface area contributed by atoms with E-state index in [1.807, 2.05) is 0 Å². The maximum absolute atomic E-state index is 11.7. The van der Waals surface area contributed by atoms with Crippen LogP contribution in [0.3, 0.4) is 0 Å². The highest BCUT2D eigenvalue weighted by Gasteiger charge is 2.13. The third-order valence-electron chi connectivity index (χ3n) is 2.55. The fourth-order valence-electron chi connectivity index (χ4n) is 1.55. The zero-order valence-electron chi connectivity index (χ0n) is 10.5. The van der Waals surface area contributed by atoms with Crippen molar-refractivity contribution in [1.29, 1.82) is 0 Å². The molecule has 6 heteroatoms. The number of rotatable bonds is 3. The van der Waals surface area contributed by atoms with Gasteiger partial charge in [0.15, 0.2) is 11.5 Å². The van der Waals surface area contributed by atoms with Gasteiger partial charge in [-0.3, -0.25) is 4.79 Å². The number of hydrogen-bond acceptors (Lipinski definition) is 4. The first-order valence-electron chi connectivity index (χ1n) is 5.51. The van der Waals surface area contributed by atoms with Gasteiger partial charge >= 0.3 is 5.97 Å². The largest absolute Gasteiger partial charge is 0.476 e. The summed E-state index contributed by atoms with van der Waals surface area (Å²) in [6, 6.07) is 8.01. The summed E-state index contributed by atoms with van der Waals surface area (Å²) < 4.78 is 4.93. The van der Waals surface area contributed by atoms with Crippen molar-refractivity contribution >= 4 is 11.9 Å². The van der Waals surface area contributed by atoms with E-state index in [9.17, 15) is 9.59 Å². The van der Waals surface area contributed by atoms with Gasteiger partial charge in [-0.1, -0.05) is 17.3 Å². The minimum Gasteiger partial charge on any atom is -0.476 e. The lowest BCUT2D eigenvalue weighted by atomic mass is 10.1. The first-order chi connectivity index (χ1) is 8.99. The molecular formula is C13H12N2O4. The molecule has 1 heterocycles. The molecule has 1 amide bonds. The zero-order chi connectivity index (χ0) is 14.0. The molecule has 6 nitrogen and oxygen atoms in total. The average Bonchev–Trinajstić information content (AvgIpc) is 2.87. The summed E-state index contributed by atoms with van der Waals surface area (Å²) in [5.41, 5.74) is 1.06. The maximum Gasteiger partial charge on any atom is 0.358 e. The lowest BCUT2D eigenvalue weighted by Crippen LogP contribution is -2.21. The predicted molar refractivity (Wildman–Crippen MR) is 66.9 cm³/mol. The van der Waals surface area contributed by atoms with Crippen molar-refractivity contribution in [2.24, 2.45) is 0 Å². The quantitative estimate of drug-likeness (QED) is 0.908. The van der Waals surface area contributed by atoms with Gasteiger partial charge in [0.25, 0.3) is 5.91 Å². The molecule has 1 aromatic heterocycles. The number of nitrogens with zero attached hydrogens (tertiary/aromatic N) is 2. The molecule has 0 atom stereocenters. The highest BCUT2D eigenvalue weighted by molar-refractivity contribution is 5.94. The van der Waals surface area contributed by atoms with Crippen LogP contribution in [0.1, 0.15) is 20.8 Å². The van der Waals surface area contributed by atoms with Crippen LogP contribution >= 0.6 is 0 Å². The molecular weight excluding hydrogens is 248 g/mol. The van der Waals surface area contributed by atoms with Gasteiger partial charge in [0, 0.05) is 31.3 Å². The normalized spacial score (nSPS) is 10.2. The standard InChI is InChI=1S/C13H12N2O4/c1-15(2)12(16)9-5-3-8(4-6-9)11-7-10(13(17)18)14-19-11/h3-7H,1-2H3,(H,17,18). The predicted octanol–water partition coefficient (Wildman–Crippen LogP) is 1.74. The smallest absolute Gasteiger partial charge is 0.358 e. The van der Waals surface area contributed by atoms with Crippen LogP contribution < -0.4 is 0 Å². The second-order valence-corrected chi connectivity index (χ2v) is 4.16. The van der Waals surface area contributed by atoms with E-state index >= 15 is 0 Å². The molecule has 0 bridgehead atoms. The number of aromatic nitrogens is 1. The molecule has 0 radical (unpaired) electrons. The van der Waals surface area contributed by atoms with Gasteiger partial charge in [0.05, 0.1) is 0 Å². The van der Waals surface area contributed by atoms with Crippen molar-refractivity contribution in [3.8, 4) is 11.3 Å². The summed E-state index contributed by atoms with van der Waals surface area (Å²) in [5, 5.41) is 12.2. The minimum atomic E-state index is -1.14. The summed E-state index contributed by atoms with van der Waals surface area (Å²) in [5.74, 6) is -0.897. The van der Waals surface area contributed by atoms with Crippen LogP contribution in [-0.2, 0) is 0 Å². The number of carboxylic acid groups (broad SMARTS) is 1. The van der Waals surface area contributed by atoms with E-state index in [1.165, 1.54) is 11.0 Å². The van der Waals surface area contributed by atoms with Crippen LogP contribution in [0.4, 0.5) is 0 Å². The van der Waals surface area contributed by atoms with Crippen molar-refractivity contribution in [2.45, 2.75) is 0 Å². The molecule has 0 saturated carbocycles. The van der Waals surface area contributed by atoms with Crippen LogP contribution in [0.15, 0.2) is 34.9 Å². The molecule has 0 aliphatic rings. The lowest BCUT2D eigenvalue weighted by molar-refractivity contribution is 0.0685. The Balaban J connectivity index is 2.27. The second-order valence-electron chi connectivity index (χ2n) is 4.16. The van der Waals surface area contributed by atoms with E-state index in [4.69, 9.17) is 9.63 Å². The van der Waals surface area contributed by atoms with E-state index in [0.717, 1.165) is 0 Å². The van der Waals surface area contributed by atoms with Crippen LogP contribution in [0.5, 0.6) is 0 Å². The summed E-state index contributed by atoms with van der Waals surface area (Å²) in [6.45, 7) is 0. The molecule has 0 spiro atoms. The first kappa shape index (κ1) is 12.8. The van der Waals surface area contributed by atoms with E-state index in [2.05, 4.69) is 5.16 Å². The van der Waals surface area contributed by atoms with Gasteiger partial charge in [-0.2, -0.15) is 0 Å². The number of aromatic carboxylic acids is 1. The maximum atomic E-state index is 11.7. The Bertz CT molecular complexity index is 614. The Hall–Kier alpha value is -2.63. The molecule has 2 aromatic rings. The molecule has 1 aromatic carbocycles. The average molecular weight is 260 g/mol. The van der Waals surface area contributed by atoms with Crippen molar-refractivity contribution < 1.29 is 19.2 Å². The van der Waals surface area contributed by atoms with Gasteiger partial charge in [0.2, 0.25) is 0 Å². The van der Waals surface area contributed by atoms with E-state index in [0.29, 0.717) is 16.9 Å². The fraction of sp³-hybridized carbons (Fsp3) is 0.154. The Morgan fingerprint density at radius 3 is 2.32 bits per heavy atom. The Morgan fingerprint density at radius 1 is 1.21 bits per heavy atom. The lowest BCUT2D eigenvalue weighted by Gasteiger charge is -2.09. The first-order valence-corrected chi connectivity index (χ1v) is 5.51. The number of carboxylic acids is 1. The molecule has 2 rings (SSSR count). The number of hydrogen-bond donors (Lipinski definition) is 1. The van der Waals surface area contributed by atoms with E-state index < -0.39 is 5.97 Å². The van der Waals surface area contributed by atoms with Gasteiger partial charge in [-0.15, -0.1) is 0 Å². The molecule has 0 saturated heterocycles. The molecule has 0 aliphatic carbocycles. The number of carbonyl (C=O) groups is 2. The van der Waals surface area contributed by atoms with Crippen LogP contribution in [0.2, 0.25) is 0 Å². The Labute approximate surface area is 109 Å². The highest BCUT2D eigenvalue weighted by atomic mass is 16.5. The van der Waals surface area contributed by atoms with Gasteiger partial charge in [-0.05, 0) is 12.1 Å². The molecule has 1 N–H and O–H groups in total. The summed E-state index contributed by atoms with van der Waals surface area (Å²) in [4.78, 5) is 23.9. The van der Waals surface area contributed by atoms with Crippen molar-refractivity contribution in [3.63, 3.8) is 0 Å². The summed E-state index contributed by atoms with van der Waals surface area (Å²) in [6.07, 6.45) is 0. The second kappa shape index (κ2) is 4.93. The molecule has 0 fully saturated rings. The van der Waals surface area contributed by atoms with Crippen LogP contribution in [0.25, 0.3) is 11.3 Å². The van der Waals surface area contributed by atoms with Crippen molar-refractivity contribution in [3.05, 3.63) is 41.6 Å². The van der Waals surface area contributed by atoms with Crippen molar-refractivity contribution in [2.75, 3.05) is 14.1 Å². The number of benzene rings is 1. The summed E-state index contributed by atoms with van der Waals surface area (Å²) >= 11 is 0. The number of carbonyl (C=O) groups excluding carboxylic acids is 1.